The largest absolute Gasteiger partial charge is 0.497 e. The smallest absolute Gasteiger partial charge is 0.244 e. The Labute approximate surface area is 178 Å². The Balaban J connectivity index is 1.55. The topological polar surface area (TPSA) is 60.0 Å². The summed E-state index contributed by atoms with van der Waals surface area (Å²) in [5.41, 5.74) is 3.11. The van der Waals surface area contributed by atoms with Crippen LogP contribution in [0.5, 0.6) is 11.5 Å². The molecular formula is C24H30N2O4. The Kier molecular flexibility index (Phi) is 7.88. The lowest BCUT2D eigenvalue weighted by Crippen LogP contribution is -2.40. The molecule has 6 heteroatoms. The van der Waals surface area contributed by atoms with Gasteiger partial charge in [0, 0.05) is 37.8 Å². The Morgan fingerprint density at radius 2 is 2.03 bits per heavy atom. The van der Waals surface area contributed by atoms with Gasteiger partial charge in [-0.3, -0.25) is 9.69 Å². The molecule has 1 fully saturated rings. The summed E-state index contributed by atoms with van der Waals surface area (Å²) in [7, 11) is 3.21. The lowest BCUT2D eigenvalue weighted by Gasteiger charge is -2.31. The van der Waals surface area contributed by atoms with Crippen LogP contribution >= 0.6 is 0 Å². The van der Waals surface area contributed by atoms with Crippen LogP contribution in [0.15, 0.2) is 48.5 Å². The van der Waals surface area contributed by atoms with Gasteiger partial charge in [-0.1, -0.05) is 24.3 Å². The zero-order valence-electron chi connectivity index (χ0n) is 17.9. The molecule has 6 nitrogen and oxygen atoms in total. The molecule has 160 valence electrons. The average Bonchev–Trinajstić information content (AvgIpc) is 2.76. The number of hydrogen-bond donors (Lipinski definition) is 1. The monoisotopic (exact) mass is 410 g/mol. The van der Waals surface area contributed by atoms with Gasteiger partial charge in [-0.15, -0.1) is 0 Å². The van der Waals surface area contributed by atoms with E-state index in [2.05, 4.69) is 29.3 Å². The maximum absolute atomic E-state index is 12.3. The summed E-state index contributed by atoms with van der Waals surface area (Å²) in [6.45, 7) is 6.15. The van der Waals surface area contributed by atoms with Gasteiger partial charge >= 0.3 is 0 Å². The number of rotatable bonds is 8. The van der Waals surface area contributed by atoms with E-state index < -0.39 is 0 Å². The summed E-state index contributed by atoms with van der Waals surface area (Å²) in [4.78, 5) is 14.7. The van der Waals surface area contributed by atoms with Crippen LogP contribution in [0.3, 0.4) is 0 Å². The van der Waals surface area contributed by atoms with Crippen molar-refractivity contribution in [2.45, 2.75) is 26.1 Å². The molecule has 0 aliphatic carbocycles. The summed E-state index contributed by atoms with van der Waals surface area (Å²) >= 11 is 0. The van der Waals surface area contributed by atoms with Gasteiger partial charge in [0.1, 0.15) is 11.5 Å². The number of nitrogens with one attached hydrogen (secondary N) is 1. The third kappa shape index (κ3) is 6.34. The van der Waals surface area contributed by atoms with Gasteiger partial charge in [-0.05, 0) is 42.3 Å². The molecule has 30 heavy (non-hydrogen) atoms. The van der Waals surface area contributed by atoms with E-state index in [1.54, 1.807) is 20.3 Å². The average molecular weight is 411 g/mol. The van der Waals surface area contributed by atoms with Gasteiger partial charge in [0.15, 0.2) is 0 Å². The zero-order chi connectivity index (χ0) is 21.3. The number of morpholine rings is 1. The highest BCUT2D eigenvalue weighted by molar-refractivity contribution is 5.92. The first-order chi connectivity index (χ1) is 14.6. The molecule has 1 N–H and O–H groups in total. The molecular weight excluding hydrogens is 380 g/mol. The van der Waals surface area contributed by atoms with E-state index in [1.807, 2.05) is 30.3 Å². The molecule has 1 atom stereocenters. The van der Waals surface area contributed by atoms with Crippen LogP contribution in [0, 0.1) is 0 Å². The summed E-state index contributed by atoms with van der Waals surface area (Å²) in [5, 5.41) is 2.94. The summed E-state index contributed by atoms with van der Waals surface area (Å²) < 4.78 is 16.2. The molecule has 1 saturated heterocycles. The Morgan fingerprint density at radius 1 is 1.20 bits per heavy atom. The number of hydrogen-bond acceptors (Lipinski definition) is 5. The van der Waals surface area contributed by atoms with Gasteiger partial charge in [0.25, 0.3) is 0 Å². The minimum absolute atomic E-state index is 0.160. The summed E-state index contributed by atoms with van der Waals surface area (Å²) in [6.07, 6.45) is 3.51. The van der Waals surface area contributed by atoms with Gasteiger partial charge in [-0.25, -0.2) is 0 Å². The number of ether oxygens (including phenoxy) is 3. The molecule has 1 amide bonds. The van der Waals surface area contributed by atoms with Crippen LogP contribution in [0.4, 0.5) is 0 Å². The molecule has 1 aliphatic rings. The van der Waals surface area contributed by atoms with Gasteiger partial charge in [0.2, 0.25) is 5.91 Å². The van der Waals surface area contributed by atoms with E-state index in [-0.39, 0.29) is 12.0 Å². The van der Waals surface area contributed by atoms with Crippen molar-refractivity contribution in [3.63, 3.8) is 0 Å². The van der Waals surface area contributed by atoms with E-state index in [0.717, 1.165) is 37.4 Å². The second-order valence-electron chi connectivity index (χ2n) is 7.40. The van der Waals surface area contributed by atoms with Crippen LogP contribution in [-0.2, 0) is 22.6 Å². The van der Waals surface area contributed by atoms with E-state index in [0.29, 0.717) is 18.0 Å². The quantitative estimate of drug-likeness (QED) is 0.677. The van der Waals surface area contributed by atoms with Crippen molar-refractivity contribution in [3.8, 4) is 11.5 Å². The highest BCUT2D eigenvalue weighted by Gasteiger charge is 2.16. The number of nitrogens with zero attached hydrogens (tertiary/aromatic N) is 1. The normalized spacial score (nSPS) is 17.1. The van der Waals surface area contributed by atoms with Crippen LogP contribution in [0.1, 0.15) is 23.6 Å². The Bertz CT molecular complexity index is 881. The maximum Gasteiger partial charge on any atom is 0.244 e. The Hall–Kier alpha value is -2.83. The number of methoxy groups -OCH3 is 2. The van der Waals surface area contributed by atoms with Gasteiger partial charge in [0.05, 0.1) is 26.9 Å². The van der Waals surface area contributed by atoms with Crippen molar-refractivity contribution in [1.29, 1.82) is 0 Å². The fraction of sp³-hybridized carbons (Fsp3) is 0.375. The van der Waals surface area contributed by atoms with Crippen molar-refractivity contribution in [2.75, 3.05) is 33.9 Å². The fourth-order valence-electron chi connectivity index (χ4n) is 3.51. The molecule has 2 aromatic rings. The van der Waals surface area contributed by atoms with Crippen molar-refractivity contribution < 1.29 is 19.0 Å². The highest BCUT2D eigenvalue weighted by atomic mass is 16.5. The SMILES string of the molecule is COc1ccc(OC)c(/C=C/C(=O)NCc2cccc(CN3CCOC(C)C3)c2)c1. The van der Waals surface area contributed by atoms with E-state index in [9.17, 15) is 4.79 Å². The van der Waals surface area contributed by atoms with E-state index in [4.69, 9.17) is 14.2 Å². The molecule has 3 rings (SSSR count). The first-order valence-corrected chi connectivity index (χ1v) is 10.2. The lowest BCUT2D eigenvalue weighted by molar-refractivity contribution is -0.116. The van der Waals surface area contributed by atoms with Gasteiger partial charge < -0.3 is 19.5 Å². The second-order valence-corrected chi connectivity index (χ2v) is 7.40. The number of amides is 1. The fourth-order valence-corrected chi connectivity index (χ4v) is 3.51. The minimum atomic E-state index is -0.160. The molecule has 0 saturated carbocycles. The van der Waals surface area contributed by atoms with Crippen LogP contribution in [0.2, 0.25) is 0 Å². The molecule has 0 bridgehead atoms. The van der Waals surface area contributed by atoms with Gasteiger partial charge in [-0.2, -0.15) is 0 Å². The van der Waals surface area contributed by atoms with Crippen LogP contribution in [0.25, 0.3) is 6.08 Å². The second kappa shape index (κ2) is 10.8. The summed E-state index contributed by atoms with van der Waals surface area (Å²) in [5.74, 6) is 1.24. The third-order valence-corrected chi connectivity index (χ3v) is 5.04. The van der Waals surface area contributed by atoms with Crippen molar-refractivity contribution in [3.05, 3.63) is 65.2 Å². The van der Waals surface area contributed by atoms with Crippen LogP contribution in [-0.4, -0.2) is 50.8 Å². The van der Waals surface area contributed by atoms with Crippen molar-refractivity contribution in [2.24, 2.45) is 0 Å². The van der Waals surface area contributed by atoms with Crippen LogP contribution < -0.4 is 14.8 Å². The van der Waals surface area contributed by atoms with E-state index in [1.165, 1.54) is 11.6 Å². The molecule has 1 heterocycles. The number of carbonyl (C=O) groups excluding carboxylic acids is 1. The molecule has 1 unspecified atom stereocenters. The molecule has 2 aromatic carbocycles. The molecule has 0 spiro atoms. The maximum atomic E-state index is 12.3. The first kappa shape index (κ1) is 21.9. The number of benzene rings is 2. The van der Waals surface area contributed by atoms with E-state index >= 15 is 0 Å². The Morgan fingerprint density at radius 3 is 2.80 bits per heavy atom. The van der Waals surface area contributed by atoms with Crippen molar-refractivity contribution >= 4 is 12.0 Å². The molecule has 0 aromatic heterocycles. The predicted molar refractivity (Wildman–Crippen MR) is 118 cm³/mol. The number of carbonyl (C=O) groups is 1. The first-order valence-electron chi connectivity index (χ1n) is 10.2. The standard InChI is InChI=1S/C24H30N2O4/c1-18-16-26(11-12-30-18)17-20-6-4-5-19(13-20)15-25-24(27)10-7-21-14-22(28-2)8-9-23(21)29-3/h4-10,13-14,18H,11-12,15-17H2,1-3H3,(H,25,27)/b10-7+. The lowest BCUT2D eigenvalue weighted by atomic mass is 10.1. The minimum Gasteiger partial charge on any atom is -0.497 e. The van der Waals surface area contributed by atoms with Crippen molar-refractivity contribution in [1.82, 2.24) is 10.2 Å². The molecule has 1 aliphatic heterocycles. The predicted octanol–water partition coefficient (Wildman–Crippen LogP) is 3.25. The summed E-state index contributed by atoms with van der Waals surface area (Å²) in [6, 6.07) is 13.8. The highest BCUT2D eigenvalue weighted by Crippen LogP contribution is 2.25. The third-order valence-electron chi connectivity index (χ3n) is 5.04. The zero-order valence-corrected chi connectivity index (χ0v) is 17.9. The molecule has 0 radical (unpaired) electrons.